The number of hydrogen-bond acceptors (Lipinski definition) is 3. The first-order valence-corrected chi connectivity index (χ1v) is 8.06. The fourth-order valence-corrected chi connectivity index (χ4v) is 4.37. The summed E-state index contributed by atoms with van der Waals surface area (Å²) in [5.74, 6) is 2.17. The summed E-state index contributed by atoms with van der Waals surface area (Å²) in [6, 6.07) is 5.72. The molecule has 0 spiro atoms. The van der Waals surface area contributed by atoms with Gasteiger partial charge in [-0.15, -0.1) is 0 Å². The second kappa shape index (κ2) is 6.25. The number of rotatable bonds is 6. The van der Waals surface area contributed by atoms with Crippen LogP contribution in [0.4, 0.5) is 0 Å². The van der Waals surface area contributed by atoms with Crippen LogP contribution in [0.15, 0.2) is 18.2 Å². The van der Waals surface area contributed by atoms with Gasteiger partial charge < -0.3 is 14.2 Å². The normalized spacial score (nSPS) is 23.9. The lowest BCUT2D eigenvalue weighted by molar-refractivity contribution is -0.0433. The molecule has 1 aromatic rings. The lowest BCUT2D eigenvalue weighted by Gasteiger charge is -2.52. The van der Waals surface area contributed by atoms with E-state index in [-0.39, 0.29) is 11.5 Å². The molecule has 0 heterocycles. The van der Waals surface area contributed by atoms with E-state index in [1.807, 2.05) is 18.2 Å². The highest BCUT2D eigenvalue weighted by molar-refractivity contribution is 9.09. The molecule has 0 amide bonds. The summed E-state index contributed by atoms with van der Waals surface area (Å²) in [6.07, 6.45) is 3.42. The van der Waals surface area contributed by atoms with Gasteiger partial charge in [-0.1, -0.05) is 35.8 Å². The van der Waals surface area contributed by atoms with E-state index in [1.54, 1.807) is 14.2 Å². The summed E-state index contributed by atoms with van der Waals surface area (Å²) in [7, 11) is 3.31. The molecule has 112 valence electrons. The molecule has 1 aliphatic rings. The molecule has 3 nitrogen and oxygen atoms in total. The minimum atomic E-state index is 0.200. The third-order valence-corrected chi connectivity index (χ3v) is 5.93. The molecule has 1 fully saturated rings. The zero-order valence-corrected chi connectivity index (χ0v) is 14.2. The maximum absolute atomic E-state index is 6.28. The van der Waals surface area contributed by atoms with Crippen molar-refractivity contribution >= 4 is 15.9 Å². The van der Waals surface area contributed by atoms with Gasteiger partial charge in [0.15, 0.2) is 11.5 Å². The Kier molecular flexibility index (Phi) is 4.84. The van der Waals surface area contributed by atoms with E-state index in [0.29, 0.717) is 10.6 Å². The zero-order valence-electron chi connectivity index (χ0n) is 12.6. The zero-order chi connectivity index (χ0) is 14.8. The van der Waals surface area contributed by atoms with Gasteiger partial charge in [-0.25, -0.2) is 0 Å². The van der Waals surface area contributed by atoms with Gasteiger partial charge in [-0.3, -0.25) is 0 Å². The van der Waals surface area contributed by atoms with Crippen LogP contribution in [0.25, 0.3) is 0 Å². The minimum absolute atomic E-state index is 0.200. The molecule has 0 bridgehead atoms. The van der Waals surface area contributed by atoms with Gasteiger partial charge in [-0.05, 0) is 31.4 Å². The number of hydrogen-bond donors (Lipinski definition) is 0. The molecule has 0 saturated heterocycles. The molecule has 1 aliphatic carbocycles. The Bertz CT molecular complexity index is 435. The summed E-state index contributed by atoms with van der Waals surface area (Å²) in [5.41, 5.74) is 0.200. The van der Waals surface area contributed by atoms with Gasteiger partial charge in [0.2, 0.25) is 5.75 Å². The van der Waals surface area contributed by atoms with Crippen molar-refractivity contribution in [3.8, 4) is 17.2 Å². The van der Waals surface area contributed by atoms with Gasteiger partial charge >= 0.3 is 0 Å². The Hall–Kier alpha value is -0.900. The van der Waals surface area contributed by atoms with E-state index in [2.05, 4.69) is 29.8 Å². The fraction of sp³-hybridized carbons (Fsp3) is 0.625. The SMILES string of the molecule is CCC1(CC)C(Br)CC1Oc1c(OC)cccc1OC. The Morgan fingerprint density at radius 2 is 1.70 bits per heavy atom. The fourth-order valence-electron chi connectivity index (χ4n) is 3.09. The van der Waals surface area contributed by atoms with Crippen molar-refractivity contribution in [3.63, 3.8) is 0 Å². The van der Waals surface area contributed by atoms with Crippen molar-refractivity contribution in [2.45, 2.75) is 44.0 Å². The van der Waals surface area contributed by atoms with E-state index in [0.717, 1.165) is 30.8 Å². The molecule has 1 saturated carbocycles. The Balaban J connectivity index is 2.26. The van der Waals surface area contributed by atoms with Crippen molar-refractivity contribution in [2.24, 2.45) is 5.41 Å². The summed E-state index contributed by atoms with van der Waals surface area (Å²) in [5, 5.41) is 0. The molecular weight excluding hydrogens is 320 g/mol. The first-order valence-electron chi connectivity index (χ1n) is 7.14. The maximum atomic E-state index is 6.28. The van der Waals surface area contributed by atoms with Gasteiger partial charge in [0, 0.05) is 10.2 Å². The Morgan fingerprint density at radius 3 is 2.10 bits per heavy atom. The van der Waals surface area contributed by atoms with Crippen LogP contribution in [0.3, 0.4) is 0 Å². The predicted molar refractivity (Wildman–Crippen MR) is 84.3 cm³/mol. The molecule has 1 aromatic carbocycles. The van der Waals surface area contributed by atoms with Crippen molar-refractivity contribution in [1.82, 2.24) is 0 Å². The molecule has 4 heteroatoms. The van der Waals surface area contributed by atoms with Crippen LogP contribution in [-0.2, 0) is 0 Å². The molecule has 20 heavy (non-hydrogen) atoms. The molecule has 0 radical (unpaired) electrons. The van der Waals surface area contributed by atoms with E-state index < -0.39 is 0 Å². The number of benzene rings is 1. The van der Waals surface area contributed by atoms with Crippen molar-refractivity contribution < 1.29 is 14.2 Å². The van der Waals surface area contributed by atoms with E-state index in [1.165, 1.54) is 0 Å². The maximum Gasteiger partial charge on any atom is 0.203 e. The van der Waals surface area contributed by atoms with Crippen molar-refractivity contribution in [2.75, 3.05) is 14.2 Å². The van der Waals surface area contributed by atoms with Gasteiger partial charge in [0.1, 0.15) is 6.10 Å². The summed E-state index contributed by atoms with van der Waals surface area (Å²) in [6.45, 7) is 4.46. The van der Waals surface area contributed by atoms with Gasteiger partial charge in [0.25, 0.3) is 0 Å². The van der Waals surface area contributed by atoms with E-state index >= 15 is 0 Å². The first-order chi connectivity index (χ1) is 9.62. The standard InChI is InChI=1S/C16H23BrO3/c1-5-16(6-2)13(17)10-14(16)20-15-11(18-3)8-7-9-12(15)19-4/h7-9,13-14H,5-6,10H2,1-4H3. The average molecular weight is 343 g/mol. The van der Waals surface area contributed by atoms with Crippen molar-refractivity contribution in [1.29, 1.82) is 0 Å². The molecule has 0 aliphatic heterocycles. The highest BCUT2D eigenvalue weighted by Crippen LogP contribution is 2.54. The molecule has 0 aromatic heterocycles. The molecule has 0 N–H and O–H groups in total. The van der Waals surface area contributed by atoms with Crippen LogP contribution in [0.1, 0.15) is 33.1 Å². The lowest BCUT2D eigenvalue weighted by atomic mass is 9.62. The number of alkyl halides is 1. The second-order valence-electron chi connectivity index (χ2n) is 5.24. The third kappa shape index (κ3) is 2.39. The smallest absolute Gasteiger partial charge is 0.203 e. The van der Waals surface area contributed by atoms with Crippen LogP contribution in [0.2, 0.25) is 0 Å². The van der Waals surface area contributed by atoms with E-state index in [4.69, 9.17) is 14.2 Å². The first kappa shape index (κ1) is 15.5. The summed E-state index contributed by atoms with van der Waals surface area (Å²) < 4.78 is 17.1. The minimum Gasteiger partial charge on any atom is -0.493 e. The van der Waals surface area contributed by atoms with Crippen LogP contribution >= 0.6 is 15.9 Å². The van der Waals surface area contributed by atoms with E-state index in [9.17, 15) is 0 Å². The topological polar surface area (TPSA) is 27.7 Å². The lowest BCUT2D eigenvalue weighted by Crippen LogP contribution is -2.56. The highest BCUT2D eigenvalue weighted by Gasteiger charge is 2.53. The number of methoxy groups -OCH3 is 2. The summed E-state index contributed by atoms with van der Waals surface area (Å²) >= 11 is 3.79. The molecular formula is C16H23BrO3. The number of ether oxygens (including phenoxy) is 3. The number of para-hydroxylation sites is 1. The predicted octanol–water partition coefficient (Wildman–Crippen LogP) is 4.42. The van der Waals surface area contributed by atoms with Crippen LogP contribution in [0, 0.1) is 5.41 Å². The average Bonchev–Trinajstić information content (AvgIpc) is 2.48. The van der Waals surface area contributed by atoms with Crippen molar-refractivity contribution in [3.05, 3.63) is 18.2 Å². The third-order valence-electron chi connectivity index (χ3n) is 4.65. The van der Waals surface area contributed by atoms with Crippen LogP contribution < -0.4 is 14.2 Å². The summed E-state index contributed by atoms with van der Waals surface area (Å²) in [4.78, 5) is 0.524. The molecule has 2 atom stereocenters. The van der Waals surface area contributed by atoms with Crippen LogP contribution in [0.5, 0.6) is 17.2 Å². The number of halogens is 1. The quantitative estimate of drug-likeness (QED) is 0.716. The highest BCUT2D eigenvalue weighted by atomic mass is 79.9. The Morgan fingerprint density at radius 1 is 1.15 bits per heavy atom. The van der Waals surface area contributed by atoms with Crippen LogP contribution in [-0.4, -0.2) is 25.2 Å². The second-order valence-corrected chi connectivity index (χ2v) is 6.35. The van der Waals surface area contributed by atoms with Gasteiger partial charge in [-0.2, -0.15) is 0 Å². The molecule has 2 unspecified atom stereocenters. The van der Waals surface area contributed by atoms with Gasteiger partial charge in [0.05, 0.1) is 14.2 Å². The largest absolute Gasteiger partial charge is 0.493 e. The monoisotopic (exact) mass is 342 g/mol. The molecule has 2 rings (SSSR count). The Labute approximate surface area is 129 Å².